The zero-order valence-corrected chi connectivity index (χ0v) is 12.0. The first-order chi connectivity index (χ1) is 9.24. The minimum absolute atomic E-state index is 0.288. The smallest absolute Gasteiger partial charge is 0.149 e. The number of hydrogen-bond donors (Lipinski definition) is 2. The standard InChI is InChI=1S/C14H25N5/c1-10(9-12-5-3-7-15-12)16-11(2)14-18-17-13-6-4-8-19(13)14/h10-12,15-16H,3-9H2,1-2H3. The number of rotatable bonds is 5. The van der Waals surface area contributed by atoms with E-state index in [1.807, 2.05) is 0 Å². The van der Waals surface area contributed by atoms with E-state index < -0.39 is 0 Å². The van der Waals surface area contributed by atoms with Gasteiger partial charge in [-0.1, -0.05) is 0 Å². The lowest BCUT2D eigenvalue weighted by atomic mass is 10.1. The number of aryl methyl sites for hydroxylation is 1. The highest BCUT2D eigenvalue weighted by Gasteiger charge is 2.23. The predicted octanol–water partition coefficient (Wildman–Crippen LogP) is 1.41. The maximum atomic E-state index is 4.36. The summed E-state index contributed by atoms with van der Waals surface area (Å²) in [6.45, 7) is 6.75. The second-order valence-electron chi connectivity index (χ2n) is 6.05. The molecular formula is C14H25N5. The van der Waals surface area contributed by atoms with Gasteiger partial charge >= 0.3 is 0 Å². The largest absolute Gasteiger partial charge is 0.314 e. The second-order valence-corrected chi connectivity index (χ2v) is 6.05. The van der Waals surface area contributed by atoms with Crippen LogP contribution in [0.3, 0.4) is 0 Å². The van der Waals surface area contributed by atoms with Gasteiger partial charge in [-0.3, -0.25) is 0 Å². The van der Waals surface area contributed by atoms with Gasteiger partial charge in [0.15, 0.2) is 0 Å². The number of nitrogens with one attached hydrogen (secondary N) is 2. The van der Waals surface area contributed by atoms with Crippen molar-refractivity contribution in [2.24, 2.45) is 0 Å². The van der Waals surface area contributed by atoms with Gasteiger partial charge in [0.2, 0.25) is 0 Å². The molecule has 2 aliphatic rings. The van der Waals surface area contributed by atoms with Crippen molar-refractivity contribution in [3.05, 3.63) is 11.6 Å². The van der Waals surface area contributed by atoms with Gasteiger partial charge in [-0.05, 0) is 46.1 Å². The van der Waals surface area contributed by atoms with Crippen LogP contribution in [0.15, 0.2) is 0 Å². The third-order valence-electron chi connectivity index (χ3n) is 4.36. The van der Waals surface area contributed by atoms with E-state index in [4.69, 9.17) is 0 Å². The van der Waals surface area contributed by atoms with Gasteiger partial charge in [-0.15, -0.1) is 10.2 Å². The first-order valence-corrected chi connectivity index (χ1v) is 7.65. The fraction of sp³-hybridized carbons (Fsp3) is 0.857. The van der Waals surface area contributed by atoms with Crippen molar-refractivity contribution < 1.29 is 0 Å². The minimum atomic E-state index is 0.288. The molecule has 19 heavy (non-hydrogen) atoms. The Kier molecular flexibility index (Phi) is 3.84. The highest BCUT2D eigenvalue weighted by molar-refractivity contribution is 5.04. The monoisotopic (exact) mass is 263 g/mol. The summed E-state index contributed by atoms with van der Waals surface area (Å²) in [4.78, 5) is 0. The Morgan fingerprint density at radius 3 is 3.05 bits per heavy atom. The van der Waals surface area contributed by atoms with Crippen molar-refractivity contribution >= 4 is 0 Å². The molecule has 1 aromatic heterocycles. The van der Waals surface area contributed by atoms with E-state index in [1.54, 1.807) is 0 Å². The molecule has 5 heteroatoms. The summed E-state index contributed by atoms with van der Waals surface area (Å²) in [6, 6.07) is 1.49. The van der Waals surface area contributed by atoms with E-state index >= 15 is 0 Å². The Morgan fingerprint density at radius 2 is 2.26 bits per heavy atom. The van der Waals surface area contributed by atoms with Gasteiger partial charge in [-0.2, -0.15) is 0 Å². The third-order valence-corrected chi connectivity index (χ3v) is 4.36. The van der Waals surface area contributed by atoms with Crippen LogP contribution >= 0.6 is 0 Å². The van der Waals surface area contributed by atoms with Gasteiger partial charge < -0.3 is 15.2 Å². The molecule has 3 heterocycles. The predicted molar refractivity (Wildman–Crippen MR) is 75.0 cm³/mol. The third kappa shape index (κ3) is 2.82. The molecular weight excluding hydrogens is 238 g/mol. The summed E-state index contributed by atoms with van der Waals surface area (Å²) >= 11 is 0. The molecule has 0 amide bonds. The molecule has 0 radical (unpaired) electrons. The minimum Gasteiger partial charge on any atom is -0.314 e. The van der Waals surface area contributed by atoms with E-state index in [0.29, 0.717) is 12.1 Å². The molecule has 106 valence electrons. The number of aromatic nitrogens is 3. The Labute approximate surface area is 115 Å². The topological polar surface area (TPSA) is 54.8 Å². The Bertz CT molecular complexity index is 421. The van der Waals surface area contributed by atoms with Crippen molar-refractivity contribution in [2.75, 3.05) is 6.54 Å². The molecule has 3 unspecified atom stereocenters. The van der Waals surface area contributed by atoms with Crippen LogP contribution < -0.4 is 10.6 Å². The molecule has 2 aliphatic heterocycles. The molecule has 0 saturated carbocycles. The lowest BCUT2D eigenvalue weighted by molar-refractivity contribution is 0.393. The van der Waals surface area contributed by atoms with Crippen LogP contribution in [-0.4, -0.2) is 33.4 Å². The summed E-state index contributed by atoms with van der Waals surface area (Å²) < 4.78 is 2.29. The fourth-order valence-corrected chi connectivity index (χ4v) is 3.45. The van der Waals surface area contributed by atoms with E-state index in [-0.39, 0.29) is 6.04 Å². The molecule has 1 aromatic rings. The van der Waals surface area contributed by atoms with Gasteiger partial charge in [0, 0.05) is 25.0 Å². The highest BCUT2D eigenvalue weighted by atomic mass is 15.3. The van der Waals surface area contributed by atoms with Crippen LogP contribution in [0, 0.1) is 0 Å². The molecule has 2 N–H and O–H groups in total. The molecule has 0 aromatic carbocycles. The van der Waals surface area contributed by atoms with Crippen molar-refractivity contribution in [1.82, 2.24) is 25.4 Å². The highest BCUT2D eigenvalue weighted by Crippen LogP contribution is 2.20. The lowest BCUT2D eigenvalue weighted by Gasteiger charge is -2.22. The fourth-order valence-electron chi connectivity index (χ4n) is 3.45. The quantitative estimate of drug-likeness (QED) is 0.843. The van der Waals surface area contributed by atoms with Crippen molar-refractivity contribution in [1.29, 1.82) is 0 Å². The first-order valence-electron chi connectivity index (χ1n) is 7.65. The molecule has 0 spiro atoms. The van der Waals surface area contributed by atoms with Crippen LogP contribution in [0.5, 0.6) is 0 Å². The van der Waals surface area contributed by atoms with Gasteiger partial charge in [-0.25, -0.2) is 0 Å². The number of nitrogens with zero attached hydrogens (tertiary/aromatic N) is 3. The zero-order chi connectivity index (χ0) is 13.2. The second kappa shape index (κ2) is 5.59. The Hall–Kier alpha value is -0.940. The van der Waals surface area contributed by atoms with E-state index in [2.05, 4.69) is 39.2 Å². The van der Waals surface area contributed by atoms with E-state index in [0.717, 1.165) is 24.6 Å². The average molecular weight is 263 g/mol. The van der Waals surface area contributed by atoms with Crippen LogP contribution in [0.2, 0.25) is 0 Å². The summed E-state index contributed by atoms with van der Waals surface area (Å²) in [6.07, 6.45) is 6.14. The number of hydrogen-bond acceptors (Lipinski definition) is 4. The molecule has 5 nitrogen and oxygen atoms in total. The van der Waals surface area contributed by atoms with E-state index in [1.165, 1.54) is 32.2 Å². The van der Waals surface area contributed by atoms with Crippen LogP contribution in [0.4, 0.5) is 0 Å². The van der Waals surface area contributed by atoms with Gasteiger partial charge in [0.05, 0.1) is 6.04 Å². The molecule has 0 aliphatic carbocycles. The Balaban J connectivity index is 1.56. The summed E-state index contributed by atoms with van der Waals surface area (Å²) in [5.74, 6) is 2.27. The average Bonchev–Trinajstić information content (AvgIpc) is 3.03. The lowest BCUT2D eigenvalue weighted by Crippen LogP contribution is -2.36. The van der Waals surface area contributed by atoms with Crippen molar-refractivity contribution in [2.45, 2.75) is 70.6 Å². The van der Waals surface area contributed by atoms with Crippen LogP contribution in [-0.2, 0) is 13.0 Å². The van der Waals surface area contributed by atoms with Gasteiger partial charge in [0.1, 0.15) is 11.6 Å². The van der Waals surface area contributed by atoms with Crippen LogP contribution in [0.1, 0.15) is 57.2 Å². The summed E-state index contributed by atoms with van der Waals surface area (Å²) in [5.41, 5.74) is 0. The molecule has 1 saturated heterocycles. The number of fused-ring (bicyclic) bond motifs is 1. The molecule has 3 atom stereocenters. The zero-order valence-electron chi connectivity index (χ0n) is 12.0. The molecule has 3 rings (SSSR count). The molecule has 1 fully saturated rings. The Morgan fingerprint density at radius 1 is 1.37 bits per heavy atom. The summed E-state index contributed by atoms with van der Waals surface area (Å²) in [7, 11) is 0. The van der Waals surface area contributed by atoms with Crippen molar-refractivity contribution in [3.8, 4) is 0 Å². The normalized spacial score (nSPS) is 25.5. The van der Waals surface area contributed by atoms with Crippen LogP contribution in [0.25, 0.3) is 0 Å². The first kappa shape index (κ1) is 13.1. The van der Waals surface area contributed by atoms with Gasteiger partial charge in [0.25, 0.3) is 0 Å². The van der Waals surface area contributed by atoms with Crippen molar-refractivity contribution in [3.63, 3.8) is 0 Å². The van der Waals surface area contributed by atoms with E-state index in [9.17, 15) is 0 Å². The molecule has 0 bridgehead atoms. The maximum absolute atomic E-state index is 4.36. The maximum Gasteiger partial charge on any atom is 0.149 e. The SMILES string of the molecule is CC(CC1CCCN1)NC(C)c1nnc2n1CCC2. The summed E-state index contributed by atoms with van der Waals surface area (Å²) in [5, 5.41) is 15.9.